The molecule has 0 radical (unpaired) electrons. The minimum Gasteiger partial charge on any atom is -0.378 e. The standard InChI is InChI=1S/C20H29N5O/c1-5-20(26)21-12-19-22-17-10-11-25(14-18(17)24(19)4)13-15-6-8-16(9-7-15)23(2)3/h6-9H,5,10-14H2,1-4H3,(H,21,26). The van der Waals surface area contributed by atoms with E-state index < -0.39 is 0 Å². The van der Waals surface area contributed by atoms with E-state index >= 15 is 0 Å². The van der Waals surface area contributed by atoms with Gasteiger partial charge in [0.25, 0.3) is 0 Å². The van der Waals surface area contributed by atoms with Crippen LogP contribution >= 0.6 is 0 Å². The molecule has 0 fully saturated rings. The van der Waals surface area contributed by atoms with Gasteiger partial charge < -0.3 is 14.8 Å². The van der Waals surface area contributed by atoms with Crippen molar-refractivity contribution in [3.63, 3.8) is 0 Å². The number of nitrogens with zero attached hydrogens (tertiary/aromatic N) is 4. The molecule has 1 aliphatic rings. The molecule has 6 heteroatoms. The van der Waals surface area contributed by atoms with Crippen LogP contribution in [0.25, 0.3) is 0 Å². The van der Waals surface area contributed by atoms with Gasteiger partial charge >= 0.3 is 0 Å². The SMILES string of the molecule is CCC(=O)NCc1nc2c(n1C)CN(Cc1ccc(N(C)C)cc1)CC2. The molecule has 6 nitrogen and oxygen atoms in total. The Kier molecular flexibility index (Phi) is 5.61. The lowest BCUT2D eigenvalue weighted by molar-refractivity contribution is -0.120. The zero-order chi connectivity index (χ0) is 18.7. The maximum absolute atomic E-state index is 11.5. The van der Waals surface area contributed by atoms with Gasteiger partial charge in [-0.05, 0) is 17.7 Å². The maximum atomic E-state index is 11.5. The summed E-state index contributed by atoms with van der Waals surface area (Å²) in [7, 11) is 6.17. The lowest BCUT2D eigenvalue weighted by Crippen LogP contribution is -2.31. The van der Waals surface area contributed by atoms with Crippen LogP contribution in [-0.4, -0.2) is 41.0 Å². The summed E-state index contributed by atoms with van der Waals surface area (Å²) < 4.78 is 2.15. The predicted octanol–water partition coefficient (Wildman–Crippen LogP) is 2.07. The second kappa shape index (κ2) is 7.91. The fraction of sp³-hybridized carbons (Fsp3) is 0.500. The van der Waals surface area contributed by atoms with Crippen LogP contribution in [0.2, 0.25) is 0 Å². The molecule has 0 spiro atoms. The van der Waals surface area contributed by atoms with Crippen molar-refractivity contribution in [3.05, 3.63) is 47.0 Å². The Morgan fingerprint density at radius 2 is 2.00 bits per heavy atom. The van der Waals surface area contributed by atoms with E-state index in [0.717, 1.165) is 31.9 Å². The summed E-state index contributed by atoms with van der Waals surface area (Å²) in [5.41, 5.74) is 4.99. The molecule has 0 saturated heterocycles. The van der Waals surface area contributed by atoms with Gasteiger partial charge in [-0.1, -0.05) is 19.1 Å². The van der Waals surface area contributed by atoms with Gasteiger partial charge in [-0.3, -0.25) is 9.69 Å². The van der Waals surface area contributed by atoms with Gasteiger partial charge in [0.1, 0.15) is 5.82 Å². The Balaban J connectivity index is 1.65. The Labute approximate surface area is 155 Å². The number of hydrogen-bond donors (Lipinski definition) is 1. The van der Waals surface area contributed by atoms with E-state index in [9.17, 15) is 4.79 Å². The number of amides is 1. The molecule has 1 aromatic heterocycles. The van der Waals surface area contributed by atoms with Crippen molar-refractivity contribution in [2.75, 3.05) is 25.5 Å². The van der Waals surface area contributed by atoms with Crippen molar-refractivity contribution in [3.8, 4) is 0 Å². The molecule has 0 atom stereocenters. The van der Waals surface area contributed by atoms with E-state index in [1.165, 1.54) is 22.6 Å². The van der Waals surface area contributed by atoms with Crippen LogP contribution in [0.1, 0.15) is 36.1 Å². The van der Waals surface area contributed by atoms with Gasteiger partial charge in [-0.25, -0.2) is 4.98 Å². The normalized spacial score (nSPS) is 14.2. The number of rotatable bonds is 6. The van der Waals surface area contributed by atoms with Gasteiger partial charge in [0.15, 0.2) is 0 Å². The molecule has 0 unspecified atom stereocenters. The Hall–Kier alpha value is -2.34. The van der Waals surface area contributed by atoms with Gasteiger partial charge in [-0.15, -0.1) is 0 Å². The number of anilines is 1. The molecule has 1 aliphatic heterocycles. The Bertz CT molecular complexity index is 763. The highest BCUT2D eigenvalue weighted by molar-refractivity contribution is 5.75. The summed E-state index contributed by atoms with van der Waals surface area (Å²) in [6, 6.07) is 8.76. The first-order valence-electron chi connectivity index (χ1n) is 9.26. The van der Waals surface area contributed by atoms with Gasteiger partial charge in [0, 0.05) is 59.3 Å². The quantitative estimate of drug-likeness (QED) is 0.862. The summed E-state index contributed by atoms with van der Waals surface area (Å²) in [6.07, 6.45) is 1.46. The minimum atomic E-state index is 0.0637. The summed E-state index contributed by atoms with van der Waals surface area (Å²) in [5, 5.41) is 2.92. The largest absolute Gasteiger partial charge is 0.378 e. The molecule has 26 heavy (non-hydrogen) atoms. The molecular formula is C20H29N5O. The van der Waals surface area contributed by atoms with Crippen molar-refractivity contribution in [2.24, 2.45) is 7.05 Å². The third-order valence-corrected chi connectivity index (χ3v) is 5.05. The highest BCUT2D eigenvalue weighted by atomic mass is 16.1. The molecule has 2 heterocycles. The third kappa shape index (κ3) is 4.07. The monoisotopic (exact) mass is 355 g/mol. The molecule has 0 bridgehead atoms. The van der Waals surface area contributed by atoms with Crippen molar-refractivity contribution < 1.29 is 4.79 Å². The van der Waals surface area contributed by atoms with E-state index in [0.29, 0.717) is 13.0 Å². The smallest absolute Gasteiger partial charge is 0.220 e. The van der Waals surface area contributed by atoms with E-state index in [-0.39, 0.29) is 5.91 Å². The average molecular weight is 355 g/mol. The molecule has 1 aromatic carbocycles. The first-order chi connectivity index (χ1) is 12.5. The summed E-state index contributed by atoms with van der Waals surface area (Å²) >= 11 is 0. The molecule has 0 aliphatic carbocycles. The second-order valence-electron chi connectivity index (χ2n) is 7.13. The lowest BCUT2D eigenvalue weighted by atomic mass is 10.1. The first kappa shape index (κ1) is 18.5. The van der Waals surface area contributed by atoms with E-state index in [2.05, 4.69) is 65.1 Å². The van der Waals surface area contributed by atoms with Gasteiger partial charge in [0.05, 0.1) is 17.9 Å². The molecule has 140 valence electrons. The number of hydrogen-bond acceptors (Lipinski definition) is 4. The molecule has 1 amide bonds. The summed E-state index contributed by atoms with van der Waals surface area (Å²) in [4.78, 5) is 20.8. The van der Waals surface area contributed by atoms with Crippen molar-refractivity contribution in [1.29, 1.82) is 0 Å². The Morgan fingerprint density at radius 3 is 2.65 bits per heavy atom. The predicted molar refractivity (Wildman–Crippen MR) is 104 cm³/mol. The van der Waals surface area contributed by atoms with Crippen LogP contribution in [0, 0.1) is 0 Å². The Morgan fingerprint density at radius 1 is 1.27 bits per heavy atom. The first-order valence-corrected chi connectivity index (χ1v) is 9.26. The van der Waals surface area contributed by atoms with Crippen molar-refractivity contribution in [2.45, 2.75) is 39.4 Å². The number of aromatic nitrogens is 2. The molecule has 0 saturated carbocycles. The van der Waals surface area contributed by atoms with E-state index in [1.807, 2.05) is 6.92 Å². The lowest BCUT2D eigenvalue weighted by Gasteiger charge is -2.27. The third-order valence-electron chi connectivity index (χ3n) is 5.05. The number of nitrogens with one attached hydrogen (secondary N) is 1. The fourth-order valence-corrected chi connectivity index (χ4v) is 3.35. The van der Waals surface area contributed by atoms with Crippen LogP contribution in [0.4, 0.5) is 5.69 Å². The summed E-state index contributed by atoms with van der Waals surface area (Å²) in [6.45, 7) is 5.22. The van der Waals surface area contributed by atoms with Crippen LogP contribution < -0.4 is 10.2 Å². The van der Waals surface area contributed by atoms with E-state index in [1.54, 1.807) is 0 Å². The number of benzene rings is 1. The topological polar surface area (TPSA) is 53.4 Å². The van der Waals surface area contributed by atoms with Gasteiger partial charge in [-0.2, -0.15) is 0 Å². The highest BCUT2D eigenvalue weighted by Gasteiger charge is 2.22. The molecule has 1 N–H and O–H groups in total. The minimum absolute atomic E-state index is 0.0637. The van der Waals surface area contributed by atoms with Crippen molar-refractivity contribution in [1.82, 2.24) is 19.8 Å². The van der Waals surface area contributed by atoms with Crippen LogP contribution in [0.15, 0.2) is 24.3 Å². The summed E-state index contributed by atoms with van der Waals surface area (Å²) in [5.74, 6) is 1.00. The molecular weight excluding hydrogens is 326 g/mol. The maximum Gasteiger partial charge on any atom is 0.220 e. The zero-order valence-corrected chi connectivity index (χ0v) is 16.2. The fourth-order valence-electron chi connectivity index (χ4n) is 3.35. The number of carbonyl (C=O) groups is 1. The van der Waals surface area contributed by atoms with Crippen LogP contribution in [0.5, 0.6) is 0 Å². The molecule has 3 rings (SSSR count). The van der Waals surface area contributed by atoms with Gasteiger partial charge in [0.2, 0.25) is 5.91 Å². The zero-order valence-electron chi connectivity index (χ0n) is 16.2. The van der Waals surface area contributed by atoms with E-state index in [4.69, 9.17) is 4.98 Å². The van der Waals surface area contributed by atoms with Crippen molar-refractivity contribution >= 4 is 11.6 Å². The number of carbonyl (C=O) groups excluding carboxylic acids is 1. The second-order valence-corrected chi connectivity index (χ2v) is 7.13. The average Bonchev–Trinajstić information content (AvgIpc) is 2.96. The highest BCUT2D eigenvalue weighted by Crippen LogP contribution is 2.22. The number of imidazole rings is 1. The number of fused-ring (bicyclic) bond motifs is 1. The van der Waals surface area contributed by atoms with Crippen LogP contribution in [0.3, 0.4) is 0 Å². The van der Waals surface area contributed by atoms with Crippen LogP contribution in [-0.2, 0) is 37.9 Å². The molecule has 2 aromatic rings.